The van der Waals surface area contributed by atoms with Crippen molar-refractivity contribution in [1.82, 2.24) is 0 Å². The maximum Gasteiger partial charge on any atom is 0.256 e. The molecule has 1 aliphatic rings. The maximum absolute atomic E-state index is 12.7. The van der Waals surface area contributed by atoms with Crippen molar-refractivity contribution in [3.8, 4) is 17.6 Å². The van der Waals surface area contributed by atoms with Gasteiger partial charge in [-0.05, 0) is 67.1 Å². The van der Waals surface area contributed by atoms with E-state index in [0.29, 0.717) is 27.8 Å². The number of ether oxygens (including phenoxy) is 1. The van der Waals surface area contributed by atoms with Crippen LogP contribution >= 0.6 is 11.3 Å². The lowest BCUT2D eigenvalue weighted by Gasteiger charge is -2.17. The Labute approximate surface area is 168 Å². The quantitative estimate of drug-likeness (QED) is 0.615. The average Bonchev–Trinajstić information content (AvgIpc) is 3.05. The molecule has 4 nitrogen and oxygen atoms in total. The minimum atomic E-state index is -0.214. The number of amides is 1. The van der Waals surface area contributed by atoms with E-state index >= 15 is 0 Å². The minimum Gasteiger partial charge on any atom is -0.457 e. The van der Waals surface area contributed by atoms with Gasteiger partial charge in [0.1, 0.15) is 22.6 Å². The average molecular weight is 388 g/mol. The fourth-order valence-corrected chi connectivity index (χ4v) is 4.63. The van der Waals surface area contributed by atoms with Crippen LogP contribution in [0.1, 0.15) is 39.7 Å². The molecule has 0 bridgehead atoms. The normalized spacial score (nSPS) is 15.4. The van der Waals surface area contributed by atoms with Gasteiger partial charge in [-0.1, -0.05) is 25.1 Å². The molecule has 5 heteroatoms. The molecule has 4 rings (SSSR count). The monoisotopic (exact) mass is 388 g/mol. The molecule has 0 saturated carbocycles. The number of hydrogen-bond donors (Lipinski definition) is 1. The highest BCUT2D eigenvalue weighted by Gasteiger charge is 2.25. The summed E-state index contributed by atoms with van der Waals surface area (Å²) in [5, 5.41) is 13.2. The Morgan fingerprint density at radius 1 is 1.14 bits per heavy atom. The topological polar surface area (TPSA) is 62.1 Å². The number of hydrogen-bond acceptors (Lipinski definition) is 4. The molecule has 1 atom stereocenters. The Kier molecular flexibility index (Phi) is 5.14. The number of rotatable bonds is 4. The third-order valence-corrected chi connectivity index (χ3v) is 6.15. The first-order chi connectivity index (χ1) is 13.6. The zero-order valence-electron chi connectivity index (χ0n) is 15.6. The summed E-state index contributed by atoms with van der Waals surface area (Å²) in [5.41, 5.74) is 2.28. The molecule has 140 valence electrons. The van der Waals surface area contributed by atoms with E-state index < -0.39 is 0 Å². The molecule has 1 aromatic heterocycles. The van der Waals surface area contributed by atoms with Crippen molar-refractivity contribution in [2.24, 2.45) is 5.92 Å². The van der Waals surface area contributed by atoms with Gasteiger partial charge in [-0.2, -0.15) is 5.26 Å². The summed E-state index contributed by atoms with van der Waals surface area (Å²) < 4.78 is 5.76. The fraction of sp³-hybridized carbons (Fsp3) is 0.217. The number of thiophene rings is 1. The van der Waals surface area contributed by atoms with E-state index in [2.05, 4.69) is 18.3 Å². The lowest BCUT2D eigenvalue weighted by Crippen LogP contribution is -2.12. The molecule has 1 N–H and O–H groups in total. The van der Waals surface area contributed by atoms with Gasteiger partial charge < -0.3 is 10.1 Å². The van der Waals surface area contributed by atoms with Crippen LogP contribution in [0.4, 0.5) is 5.00 Å². The highest BCUT2D eigenvalue weighted by molar-refractivity contribution is 7.16. The van der Waals surface area contributed by atoms with Gasteiger partial charge in [-0.15, -0.1) is 11.3 Å². The lowest BCUT2D eigenvalue weighted by atomic mass is 9.88. The summed E-state index contributed by atoms with van der Waals surface area (Å²) in [7, 11) is 0. The number of anilines is 1. The van der Waals surface area contributed by atoms with E-state index in [4.69, 9.17) is 4.74 Å². The van der Waals surface area contributed by atoms with E-state index in [-0.39, 0.29) is 5.91 Å². The van der Waals surface area contributed by atoms with E-state index in [1.807, 2.05) is 30.3 Å². The second-order valence-electron chi connectivity index (χ2n) is 7.06. The van der Waals surface area contributed by atoms with Crippen LogP contribution in [0.2, 0.25) is 0 Å². The molecule has 2 aromatic carbocycles. The smallest absolute Gasteiger partial charge is 0.256 e. The van der Waals surface area contributed by atoms with Gasteiger partial charge in [-0.3, -0.25) is 4.79 Å². The van der Waals surface area contributed by atoms with Crippen LogP contribution in [-0.4, -0.2) is 5.91 Å². The third-order valence-electron chi connectivity index (χ3n) is 4.94. The minimum absolute atomic E-state index is 0.214. The summed E-state index contributed by atoms with van der Waals surface area (Å²) in [6.45, 7) is 2.21. The number of carbonyl (C=O) groups excluding carboxylic acids is 1. The Hall–Kier alpha value is -3.10. The number of aryl methyl sites for hydroxylation is 1. The number of fused-ring (bicyclic) bond motifs is 1. The molecule has 1 unspecified atom stereocenters. The predicted molar refractivity (Wildman–Crippen MR) is 111 cm³/mol. The summed E-state index contributed by atoms with van der Waals surface area (Å²) in [6, 6.07) is 18.8. The van der Waals surface area contributed by atoms with Gasteiger partial charge in [0, 0.05) is 10.4 Å². The van der Waals surface area contributed by atoms with Crippen LogP contribution in [0, 0.1) is 17.2 Å². The van der Waals surface area contributed by atoms with Crippen LogP contribution in [0.5, 0.6) is 11.5 Å². The van der Waals surface area contributed by atoms with Gasteiger partial charge in [0.2, 0.25) is 0 Å². The number of benzene rings is 2. The number of para-hydroxylation sites is 1. The predicted octanol–water partition coefficient (Wildman–Crippen LogP) is 5.79. The van der Waals surface area contributed by atoms with Gasteiger partial charge in [-0.25, -0.2) is 0 Å². The molecule has 0 fully saturated rings. The van der Waals surface area contributed by atoms with Crippen LogP contribution in [0.3, 0.4) is 0 Å². The molecular formula is C23H20N2O2S. The molecule has 3 aromatic rings. The zero-order chi connectivity index (χ0) is 19.5. The first-order valence-corrected chi connectivity index (χ1v) is 10.1. The summed E-state index contributed by atoms with van der Waals surface area (Å²) in [5.74, 6) is 1.78. The Morgan fingerprint density at radius 3 is 2.57 bits per heavy atom. The SMILES string of the molecule is CC1CCc2sc(NC(=O)c3ccc(Oc4ccccc4)cc3)c(C#N)c2C1. The zero-order valence-corrected chi connectivity index (χ0v) is 16.4. The molecule has 1 heterocycles. The van der Waals surface area contributed by atoms with Crippen molar-refractivity contribution in [2.45, 2.75) is 26.2 Å². The largest absolute Gasteiger partial charge is 0.457 e. The van der Waals surface area contributed by atoms with Crippen LogP contribution in [-0.2, 0) is 12.8 Å². The van der Waals surface area contributed by atoms with Gasteiger partial charge >= 0.3 is 0 Å². The summed E-state index contributed by atoms with van der Waals surface area (Å²) in [4.78, 5) is 13.9. The molecule has 1 amide bonds. The van der Waals surface area contributed by atoms with Crippen LogP contribution in [0.15, 0.2) is 54.6 Å². The fourth-order valence-electron chi connectivity index (χ4n) is 3.44. The highest BCUT2D eigenvalue weighted by atomic mass is 32.1. The molecule has 0 saturated heterocycles. The van der Waals surface area contributed by atoms with Crippen molar-refractivity contribution >= 4 is 22.2 Å². The number of nitriles is 1. The molecule has 0 aliphatic heterocycles. The number of nitrogens with one attached hydrogen (secondary N) is 1. The number of nitrogens with zero attached hydrogens (tertiary/aromatic N) is 1. The van der Waals surface area contributed by atoms with Crippen molar-refractivity contribution in [3.63, 3.8) is 0 Å². The molecule has 1 aliphatic carbocycles. The van der Waals surface area contributed by atoms with Crippen LogP contribution in [0.25, 0.3) is 0 Å². The van der Waals surface area contributed by atoms with E-state index in [1.54, 1.807) is 24.3 Å². The van der Waals surface area contributed by atoms with Crippen molar-refractivity contribution in [1.29, 1.82) is 5.26 Å². The molecule has 28 heavy (non-hydrogen) atoms. The highest BCUT2D eigenvalue weighted by Crippen LogP contribution is 2.39. The molecular weight excluding hydrogens is 368 g/mol. The first kappa shape index (κ1) is 18.3. The van der Waals surface area contributed by atoms with E-state index in [0.717, 1.165) is 30.6 Å². The Bertz CT molecular complexity index is 1030. The van der Waals surface area contributed by atoms with Crippen LogP contribution < -0.4 is 10.1 Å². The van der Waals surface area contributed by atoms with Gasteiger partial charge in [0.15, 0.2) is 0 Å². The summed E-state index contributed by atoms with van der Waals surface area (Å²) in [6.07, 6.45) is 3.03. The van der Waals surface area contributed by atoms with Crippen molar-refractivity contribution in [3.05, 3.63) is 76.2 Å². The lowest BCUT2D eigenvalue weighted by molar-refractivity contribution is 0.102. The third kappa shape index (κ3) is 3.78. The molecule has 0 radical (unpaired) electrons. The van der Waals surface area contributed by atoms with Gasteiger partial charge in [0.25, 0.3) is 5.91 Å². The van der Waals surface area contributed by atoms with Crippen molar-refractivity contribution in [2.75, 3.05) is 5.32 Å². The standard InChI is InChI=1S/C23H20N2O2S/c1-15-7-12-21-19(13-15)20(14-24)23(28-21)25-22(26)16-8-10-18(11-9-16)27-17-5-3-2-4-6-17/h2-6,8-11,15H,7,12-13H2,1H3,(H,25,26). The Morgan fingerprint density at radius 2 is 1.86 bits per heavy atom. The van der Waals surface area contributed by atoms with Gasteiger partial charge in [0.05, 0.1) is 5.56 Å². The first-order valence-electron chi connectivity index (χ1n) is 9.33. The van der Waals surface area contributed by atoms with Crippen molar-refractivity contribution < 1.29 is 9.53 Å². The summed E-state index contributed by atoms with van der Waals surface area (Å²) >= 11 is 1.54. The maximum atomic E-state index is 12.7. The van der Waals surface area contributed by atoms with E-state index in [1.165, 1.54) is 16.2 Å². The van der Waals surface area contributed by atoms with E-state index in [9.17, 15) is 10.1 Å². The number of carbonyl (C=O) groups is 1. The molecule has 0 spiro atoms. The second kappa shape index (κ2) is 7.87. The second-order valence-corrected chi connectivity index (χ2v) is 8.17. The Balaban J connectivity index is 1.49.